The topological polar surface area (TPSA) is 80.3 Å². The van der Waals surface area contributed by atoms with Crippen LogP contribution in [0.1, 0.15) is 5.56 Å². The first-order valence-corrected chi connectivity index (χ1v) is 8.24. The zero-order valence-electron chi connectivity index (χ0n) is 14.2. The van der Waals surface area contributed by atoms with E-state index in [1.165, 1.54) is 0 Å². The molecule has 0 aliphatic rings. The normalized spacial score (nSPS) is 11.5. The van der Waals surface area contributed by atoms with Gasteiger partial charge in [-0.05, 0) is 48.0 Å². The van der Waals surface area contributed by atoms with Crippen LogP contribution >= 0.6 is 0 Å². The molecular formula is C20H19N3O3. The van der Waals surface area contributed by atoms with Crippen LogP contribution in [0.2, 0.25) is 0 Å². The van der Waals surface area contributed by atoms with E-state index in [9.17, 15) is 5.11 Å². The second kappa shape index (κ2) is 8.70. The minimum absolute atomic E-state index is 0.128. The van der Waals surface area contributed by atoms with Crippen molar-refractivity contribution in [2.24, 2.45) is 0 Å². The summed E-state index contributed by atoms with van der Waals surface area (Å²) < 4.78 is 12.9. The number of nitrogens with zero attached hydrogens (tertiary/aromatic N) is 3. The standard InChI is InChI=1S/C20H19N3O3/c21-11-10-16-2-6-19(7-3-16)25-14-18(24)15-26-20-8-4-17(5-9-20)23-13-1-12-22-23/h1-9,12-13,18,24H,10,14-15H2. The molecule has 0 radical (unpaired) electrons. The molecule has 0 amide bonds. The van der Waals surface area contributed by atoms with E-state index in [1.807, 2.05) is 48.7 Å². The Morgan fingerprint density at radius 3 is 2.15 bits per heavy atom. The van der Waals surface area contributed by atoms with Crippen LogP contribution in [0, 0.1) is 11.3 Å². The Morgan fingerprint density at radius 2 is 1.62 bits per heavy atom. The van der Waals surface area contributed by atoms with Crippen molar-refractivity contribution in [3.8, 4) is 23.3 Å². The summed E-state index contributed by atoms with van der Waals surface area (Å²) in [4.78, 5) is 0. The van der Waals surface area contributed by atoms with E-state index in [2.05, 4.69) is 11.2 Å². The first-order chi connectivity index (χ1) is 12.7. The van der Waals surface area contributed by atoms with Gasteiger partial charge in [-0.15, -0.1) is 0 Å². The maximum atomic E-state index is 10.0. The van der Waals surface area contributed by atoms with E-state index in [-0.39, 0.29) is 13.2 Å². The zero-order valence-corrected chi connectivity index (χ0v) is 14.2. The summed E-state index contributed by atoms with van der Waals surface area (Å²) in [6.45, 7) is 0.261. The summed E-state index contributed by atoms with van der Waals surface area (Å²) in [5.74, 6) is 1.31. The lowest BCUT2D eigenvalue weighted by atomic mass is 10.2. The van der Waals surface area contributed by atoms with Gasteiger partial charge < -0.3 is 14.6 Å². The second-order valence-corrected chi connectivity index (χ2v) is 5.70. The molecule has 0 aliphatic carbocycles. The molecule has 26 heavy (non-hydrogen) atoms. The van der Waals surface area contributed by atoms with Crippen molar-refractivity contribution in [2.75, 3.05) is 13.2 Å². The number of aliphatic hydroxyl groups excluding tert-OH is 1. The van der Waals surface area contributed by atoms with Crippen LogP contribution in [0.4, 0.5) is 0 Å². The fourth-order valence-electron chi connectivity index (χ4n) is 2.34. The van der Waals surface area contributed by atoms with Crippen LogP contribution < -0.4 is 9.47 Å². The van der Waals surface area contributed by atoms with Gasteiger partial charge in [-0.25, -0.2) is 4.68 Å². The van der Waals surface area contributed by atoms with E-state index in [0.29, 0.717) is 17.9 Å². The monoisotopic (exact) mass is 349 g/mol. The van der Waals surface area contributed by atoms with Gasteiger partial charge in [0.25, 0.3) is 0 Å². The quantitative estimate of drug-likeness (QED) is 0.676. The molecule has 2 aromatic carbocycles. The molecule has 0 saturated carbocycles. The van der Waals surface area contributed by atoms with Crippen molar-refractivity contribution in [3.63, 3.8) is 0 Å². The van der Waals surface area contributed by atoms with E-state index in [1.54, 1.807) is 23.0 Å². The Bertz CT molecular complexity index is 838. The molecule has 6 nitrogen and oxygen atoms in total. The fourth-order valence-corrected chi connectivity index (χ4v) is 2.34. The molecule has 1 heterocycles. The number of benzene rings is 2. The van der Waals surface area contributed by atoms with Crippen LogP contribution in [0.5, 0.6) is 11.5 Å². The lowest BCUT2D eigenvalue weighted by Gasteiger charge is -2.14. The molecule has 1 N–H and O–H groups in total. The number of hydrogen-bond donors (Lipinski definition) is 1. The maximum Gasteiger partial charge on any atom is 0.122 e. The van der Waals surface area contributed by atoms with Crippen molar-refractivity contribution < 1.29 is 14.6 Å². The Balaban J connectivity index is 1.43. The van der Waals surface area contributed by atoms with Crippen LogP contribution in [0.15, 0.2) is 67.0 Å². The molecule has 1 unspecified atom stereocenters. The molecule has 0 saturated heterocycles. The van der Waals surface area contributed by atoms with Crippen molar-refractivity contribution in [3.05, 3.63) is 72.6 Å². The fraction of sp³-hybridized carbons (Fsp3) is 0.200. The zero-order chi connectivity index (χ0) is 18.2. The van der Waals surface area contributed by atoms with Gasteiger partial charge >= 0.3 is 0 Å². The Kier molecular flexibility index (Phi) is 5.86. The highest BCUT2D eigenvalue weighted by atomic mass is 16.5. The van der Waals surface area contributed by atoms with Gasteiger partial charge in [-0.3, -0.25) is 0 Å². The van der Waals surface area contributed by atoms with Gasteiger partial charge in [0.1, 0.15) is 30.8 Å². The molecule has 0 aliphatic heterocycles. The van der Waals surface area contributed by atoms with Gasteiger partial charge in [0.2, 0.25) is 0 Å². The summed E-state index contributed by atoms with van der Waals surface area (Å²) in [5.41, 5.74) is 1.87. The SMILES string of the molecule is N#CCc1ccc(OCC(O)COc2ccc(-n3cccn3)cc2)cc1. The van der Waals surface area contributed by atoms with Crippen molar-refractivity contribution in [2.45, 2.75) is 12.5 Å². The largest absolute Gasteiger partial charge is 0.491 e. The maximum absolute atomic E-state index is 10.0. The first kappa shape index (κ1) is 17.5. The average molecular weight is 349 g/mol. The minimum Gasteiger partial charge on any atom is -0.491 e. The van der Waals surface area contributed by atoms with E-state index in [0.717, 1.165) is 11.3 Å². The lowest BCUT2D eigenvalue weighted by molar-refractivity contribution is 0.0626. The van der Waals surface area contributed by atoms with Crippen LogP contribution in [-0.2, 0) is 6.42 Å². The first-order valence-electron chi connectivity index (χ1n) is 8.24. The highest BCUT2D eigenvalue weighted by Gasteiger charge is 2.07. The molecule has 0 bridgehead atoms. The predicted molar refractivity (Wildman–Crippen MR) is 96.3 cm³/mol. The molecule has 6 heteroatoms. The molecule has 1 atom stereocenters. The van der Waals surface area contributed by atoms with Crippen molar-refractivity contribution >= 4 is 0 Å². The van der Waals surface area contributed by atoms with Crippen LogP contribution in [0.3, 0.4) is 0 Å². The lowest BCUT2D eigenvalue weighted by Crippen LogP contribution is -2.25. The van der Waals surface area contributed by atoms with Gasteiger partial charge in [0, 0.05) is 12.4 Å². The number of aromatic nitrogens is 2. The summed E-state index contributed by atoms with van der Waals surface area (Å²) in [5, 5.41) is 22.8. The smallest absolute Gasteiger partial charge is 0.122 e. The molecule has 0 fully saturated rings. The van der Waals surface area contributed by atoms with Crippen LogP contribution in [-0.4, -0.2) is 34.2 Å². The Morgan fingerprint density at radius 1 is 1.00 bits per heavy atom. The third kappa shape index (κ3) is 4.85. The Hall–Kier alpha value is -3.30. The Labute approximate surface area is 151 Å². The highest BCUT2D eigenvalue weighted by molar-refractivity contribution is 5.36. The minimum atomic E-state index is -0.750. The number of nitriles is 1. The summed E-state index contributed by atoms with van der Waals surface area (Å²) >= 11 is 0. The van der Waals surface area contributed by atoms with Crippen LogP contribution in [0.25, 0.3) is 5.69 Å². The second-order valence-electron chi connectivity index (χ2n) is 5.70. The highest BCUT2D eigenvalue weighted by Crippen LogP contribution is 2.16. The van der Waals surface area contributed by atoms with Crippen molar-refractivity contribution in [1.29, 1.82) is 5.26 Å². The average Bonchev–Trinajstić information content (AvgIpc) is 3.21. The molecular weight excluding hydrogens is 330 g/mol. The third-order valence-corrected chi connectivity index (χ3v) is 3.70. The molecule has 0 spiro atoms. The summed E-state index contributed by atoms with van der Waals surface area (Å²) in [6.07, 6.45) is 3.21. The van der Waals surface area contributed by atoms with E-state index >= 15 is 0 Å². The predicted octanol–water partition coefficient (Wildman–Crippen LogP) is 2.76. The van der Waals surface area contributed by atoms with E-state index in [4.69, 9.17) is 14.7 Å². The molecule has 3 aromatic rings. The summed E-state index contributed by atoms with van der Waals surface area (Å²) in [7, 11) is 0. The summed E-state index contributed by atoms with van der Waals surface area (Å²) in [6, 6.07) is 18.7. The van der Waals surface area contributed by atoms with Gasteiger partial charge in [0.05, 0.1) is 18.2 Å². The number of aliphatic hydroxyl groups is 1. The molecule has 1 aromatic heterocycles. The van der Waals surface area contributed by atoms with Gasteiger partial charge in [-0.1, -0.05) is 12.1 Å². The van der Waals surface area contributed by atoms with Crippen molar-refractivity contribution in [1.82, 2.24) is 9.78 Å². The number of rotatable bonds is 8. The van der Waals surface area contributed by atoms with Gasteiger partial charge in [0.15, 0.2) is 0 Å². The number of hydrogen-bond acceptors (Lipinski definition) is 5. The van der Waals surface area contributed by atoms with E-state index < -0.39 is 6.10 Å². The molecule has 132 valence electrons. The van der Waals surface area contributed by atoms with Gasteiger partial charge in [-0.2, -0.15) is 10.4 Å². The molecule has 3 rings (SSSR count). The third-order valence-electron chi connectivity index (χ3n) is 3.70. The number of ether oxygens (including phenoxy) is 2.